The third-order valence-electron chi connectivity index (χ3n) is 3.51. The summed E-state index contributed by atoms with van der Waals surface area (Å²) in [6.07, 6.45) is 0. The number of nitrogens with zero attached hydrogens (tertiary/aromatic N) is 4. The Morgan fingerprint density at radius 2 is 1.68 bits per heavy atom. The van der Waals surface area contributed by atoms with Crippen molar-refractivity contribution in [2.45, 2.75) is 31.4 Å². The Balaban J connectivity index is 0.000000422. The average molecular weight is 373 g/mol. The summed E-state index contributed by atoms with van der Waals surface area (Å²) in [5, 5.41) is 1.14. The first-order chi connectivity index (χ1) is 9.99. The Kier molecular flexibility index (Phi) is 7.43. The van der Waals surface area contributed by atoms with Gasteiger partial charge in [0.15, 0.2) is 10.7 Å². The third-order valence-corrected chi connectivity index (χ3v) is 6.06. The van der Waals surface area contributed by atoms with E-state index in [1.807, 2.05) is 10.8 Å². The van der Waals surface area contributed by atoms with E-state index in [4.69, 9.17) is 22.5 Å². The molecule has 0 bridgehead atoms. The van der Waals surface area contributed by atoms with E-state index in [2.05, 4.69) is 49.7 Å². The van der Waals surface area contributed by atoms with Crippen molar-refractivity contribution in [3.05, 3.63) is 0 Å². The van der Waals surface area contributed by atoms with Gasteiger partial charge in [-0.25, -0.2) is 4.99 Å². The number of piperazine rings is 1. The molecule has 0 spiro atoms. The summed E-state index contributed by atoms with van der Waals surface area (Å²) in [6.45, 7) is 6.82. The third kappa shape index (κ3) is 6.60. The molecular formula is C11H24N4O4S3. The Morgan fingerprint density at radius 1 is 1.23 bits per heavy atom. The molecule has 2 N–H and O–H groups in total. The molecule has 2 aliphatic rings. The van der Waals surface area contributed by atoms with E-state index in [-0.39, 0.29) is 0 Å². The molecule has 3 unspecified atom stereocenters. The molecule has 2 aliphatic heterocycles. The standard InChI is InChI=1S/C11H22N4S2.H2O4S/c1-8-6-15(7-9(2)14(8)5)11-12-10(13(3)4)16-17-11;1-5(2,3)4/h8-9,11H,6-7H2,1-5H3;(H2,1,2,3,4). The molecule has 22 heavy (non-hydrogen) atoms. The van der Waals surface area contributed by atoms with Crippen molar-refractivity contribution in [1.29, 1.82) is 0 Å². The fraction of sp³-hybridized carbons (Fsp3) is 0.909. The molecule has 130 valence electrons. The molecule has 0 amide bonds. The molecule has 0 aromatic heterocycles. The van der Waals surface area contributed by atoms with Crippen LogP contribution < -0.4 is 0 Å². The van der Waals surface area contributed by atoms with Crippen LogP contribution in [0.5, 0.6) is 0 Å². The summed E-state index contributed by atoms with van der Waals surface area (Å²) < 4.78 is 31.6. The van der Waals surface area contributed by atoms with Crippen LogP contribution in [0, 0.1) is 0 Å². The first-order valence-corrected chi connectivity index (χ1v) is 10.3. The summed E-state index contributed by atoms with van der Waals surface area (Å²) in [6, 6.07) is 1.23. The van der Waals surface area contributed by atoms with Gasteiger partial charge in [0, 0.05) is 39.3 Å². The minimum absolute atomic E-state index is 0.302. The Bertz CT molecular complexity index is 480. The molecule has 0 radical (unpaired) electrons. The lowest BCUT2D eigenvalue weighted by Crippen LogP contribution is -2.56. The van der Waals surface area contributed by atoms with Gasteiger partial charge in [-0.1, -0.05) is 0 Å². The topological polar surface area (TPSA) is 96.7 Å². The van der Waals surface area contributed by atoms with Crippen LogP contribution in [0.15, 0.2) is 4.99 Å². The molecule has 8 nitrogen and oxygen atoms in total. The van der Waals surface area contributed by atoms with Gasteiger partial charge in [-0.15, -0.1) is 0 Å². The van der Waals surface area contributed by atoms with E-state index >= 15 is 0 Å². The van der Waals surface area contributed by atoms with Crippen LogP contribution in [0.4, 0.5) is 0 Å². The minimum atomic E-state index is -4.67. The monoisotopic (exact) mass is 372 g/mol. The molecule has 3 atom stereocenters. The zero-order valence-corrected chi connectivity index (χ0v) is 15.8. The zero-order valence-electron chi connectivity index (χ0n) is 13.4. The average Bonchev–Trinajstić information content (AvgIpc) is 2.83. The summed E-state index contributed by atoms with van der Waals surface area (Å²) in [5.74, 6) is 0. The number of hydrogen-bond acceptors (Lipinski definition) is 8. The first-order valence-electron chi connectivity index (χ1n) is 6.73. The summed E-state index contributed by atoms with van der Waals surface area (Å²) in [7, 11) is 5.33. The van der Waals surface area contributed by atoms with E-state index in [1.54, 1.807) is 10.8 Å². The lowest BCUT2D eigenvalue weighted by atomic mass is 10.1. The van der Waals surface area contributed by atoms with Crippen LogP contribution in [0.25, 0.3) is 0 Å². The summed E-state index contributed by atoms with van der Waals surface area (Å²) >= 11 is 0. The highest BCUT2D eigenvalue weighted by Gasteiger charge is 2.33. The SMILES string of the molecule is CC1CN(C2N=C(N(C)C)SS2)CC(C)N1C.O=S(=O)(O)O. The van der Waals surface area contributed by atoms with Crippen LogP contribution >= 0.6 is 21.6 Å². The second kappa shape index (κ2) is 8.18. The van der Waals surface area contributed by atoms with E-state index in [0.717, 1.165) is 18.3 Å². The Hall–Kier alpha value is -0.0400. The Morgan fingerprint density at radius 3 is 2.05 bits per heavy atom. The van der Waals surface area contributed by atoms with Gasteiger partial charge in [-0.05, 0) is 42.5 Å². The largest absolute Gasteiger partial charge is 0.394 e. The molecule has 0 aliphatic carbocycles. The van der Waals surface area contributed by atoms with E-state index in [0.29, 0.717) is 17.6 Å². The smallest absolute Gasteiger partial charge is 0.357 e. The van der Waals surface area contributed by atoms with E-state index in [9.17, 15) is 0 Å². The van der Waals surface area contributed by atoms with Gasteiger partial charge in [-0.3, -0.25) is 18.9 Å². The van der Waals surface area contributed by atoms with Gasteiger partial charge in [0.25, 0.3) is 0 Å². The van der Waals surface area contributed by atoms with Crippen molar-refractivity contribution in [2.24, 2.45) is 4.99 Å². The van der Waals surface area contributed by atoms with Crippen molar-refractivity contribution in [3.63, 3.8) is 0 Å². The number of amidine groups is 1. The van der Waals surface area contributed by atoms with Gasteiger partial charge in [0.1, 0.15) is 0 Å². The number of aliphatic imine (C=N–C) groups is 1. The molecule has 2 heterocycles. The minimum Gasteiger partial charge on any atom is -0.357 e. The molecule has 1 fully saturated rings. The van der Waals surface area contributed by atoms with Crippen LogP contribution in [-0.4, -0.2) is 89.2 Å². The lowest BCUT2D eigenvalue weighted by Gasteiger charge is -2.43. The maximum absolute atomic E-state index is 8.74. The van der Waals surface area contributed by atoms with E-state index < -0.39 is 10.4 Å². The predicted molar refractivity (Wildman–Crippen MR) is 92.5 cm³/mol. The number of hydrogen-bond donors (Lipinski definition) is 2. The lowest BCUT2D eigenvalue weighted by molar-refractivity contribution is 0.0554. The Labute approximate surface area is 140 Å². The molecular weight excluding hydrogens is 348 g/mol. The van der Waals surface area contributed by atoms with Crippen molar-refractivity contribution in [1.82, 2.24) is 14.7 Å². The number of rotatable bonds is 1. The maximum Gasteiger partial charge on any atom is 0.394 e. The second-order valence-corrected chi connectivity index (χ2v) is 8.70. The molecule has 1 saturated heterocycles. The van der Waals surface area contributed by atoms with Gasteiger partial charge in [0.2, 0.25) is 0 Å². The highest BCUT2D eigenvalue weighted by atomic mass is 33.1. The fourth-order valence-corrected chi connectivity index (χ4v) is 4.74. The van der Waals surface area contributed by atoms with Gasteiger partial charge in [-0.2, -0.15) is 8.42 Å². The van der Waals surface area contributed by atoms with Gasteiger partial charge in [0.05, 0.1) is 0 Å². The van der Waals surface area contributed by atoms with Crippen molar-refractivity contribution >= 4 is 37.2 Å². The van der Waals surface area contributed by atoms with Gasteiger partial charge >= 0.3 is 10.4 Å². The normalized spacial score (nSPS) is 30.5. The van der Waals surface area contributed by atoms with E-state index in [1.165, 1.54) is 0 Å². The summed E-state index contributed by atoms with van der Waals surface area (Å²) in [5.41, 5.74) is 0.302. The highest BCUT2D eigenvalue weighted by molar-refractivity contribution is 8.82. The van der Waals surface area contributed by atoms with Crippen molar-refractivity contribution in [2.75, 3.05) is 34.2 Å². The van der Waals surface area contributed by atoms with Crippen molar-refractivity contribution < 1.29 is 17.5 Å². The van der Waals surface area contributed by atoms with Gasteiger partial charge < -0.3 is 4.90 Å². The highest BCUT2D eigenvalue weighted by Crippen LogP contribution is 2.39. The molecule has 11 heteroatoms. The number of likely N-dealkylation sites (N-methyl/N-ethyl adjacent to an activating group) is 1. The fourth-order valence-electron chi connectivity index (χ4n) is 2.18. The molecule has 0 aromatic rings. The second-order valence-electron chi connectivity index (χ2n) is 5.58. The van der Waals surface area contributed by atoms with Crippen molar-refractivity contribution in [3.8, 4) is 0 Å². The molecule has 2 rings (SSSR count). The van der Waals surface area contributed by atoms with Crippen LogP contribution in [0.2, 0.25) is 0 Å². The van der Waals surface area contributed by atoms with Crippen LogP contribution in [0.1, 0.15) is 13.8 Å². The quantitative estimate of drug-likeness (QED) is 0.515. The maximum atomic E-state index is 8.74. The van der Waals surface area contributed by atoms with Crippen LogP contribution in [0.3, 0.4) is 0 Å². The zero-order chi connectivity index (χ0) is 17.1. The molecule has 0 saturated carbocycles. The first kappa shape index (κ1) is 20.0. The molecule has 0 aromatic carbocycles. The summed E-state index contributed by atoms with van der Waals surface area (Å²) in [4.78, 5) is 11.8. The van der Waals surface area contributed by atoms with Crippen LogP contribution in [-0.2, 0) is 10.4 Å². The predicted octanol–water partition coefficient (Wildman–Crippen LogP) is 0.954.